The van der Waals surface area contributed by atoms with Gasteiger partial charge in [-0.1, -0.05) is 19.0 Å². The van der Waals surface area contributed by atoms with Gasteiger partial charge in [-0.05, 0) is 25.5 Å². The Bertz CT molecular complexity index is 518. The van der Waals surface area contributed by atoms with Crippen molar-refractivity contribution in [2.24, 2.45) is 0 Å². The first-order chi connectivity index (χ1) is 9.13. The van der Waals surface area contributed by atoms with Gasteiger partial charge in [0.05, 0.1) is 12.1 Å². The quantitative estimate of drug-likeness (QED) is 0.866. The van der Waals surface area contributed by atoms with Gasteiger partial charge in [-0.25, -0.2) is 0 Å². The van der Waals surface area contributed by atoms with Gasteiger partial charge in [0.25, 0.3) is 0 Å². The lowest BCUT2D eigenvalue weighted by atomic mass is 10.1. The highest BCUT2D eigenvalue weighted by molar-refractivity contribution is 5.11. The van der Waals surface area contributed by atoms with Crippen LogP contribution in [-0.4, -0.2) is 10.1 Å². The van der Waals surface area contributed by atoms with Crippen molar-refractivity contribution in [2.75, 3.05) is 0 Å². The van der Waals surface area contributed by atoms with Gasteiger partial charge in [0.1, 0.15) is 11.5 Å². The number of hydrogen-bond acceptors (Lipinski definition) is 5. The van der Waals surface area contributed by atoms with Gasteiger partial charge in [0.15, 0.2) is 5.82 Å². The molecule has 0 aliphatic heterocycles. The number of hydrogen-bond donors (Lipinski definition) is 1. The highest BCUT2D eigenvalue weighted by Crippen LogP contribution is 2.22. The minimum atomic E-state index is 0.0719. The lowest BCUT2D eigenvalue weighted by molar-refractivity contribution is 0.347. The average Bonchev–Trinajstić information content (AvgIpc) is 3.04. The summed E-state index contributed by atoms with van der Waals surface area (Å²) in [5.41, 5.74) is 0. The summed E-state index contributed by atoms with van der Waals surface area (Å²) in [5, 5.41) is 7.45. The van der Waals surface area contributed by atoms with E-state index in [2.05, 4.69) is 36.2 Å². The molecule has 0 fully saturated rings. The molecule has 0 amide bonds. The van der Waals surface area contributed by atoms with Crippen molar-refractivity contribution in [1.82, 2.24) is 15.5 Å². The summed E-state index contributed by atoms with van der Waals surface area (Å²) in [7, 11) is 0. The van der Waals surface area contributed by atoms with Gasteiger partial charge in [0.2, 0.25) is 5.89 Å². The topological polar surface area (TPSA) is 64.1 Å². The smallest absolute Gasteiger partial charge is 0.223 e. The van der Waals surface area contributed by atoms with E-state index in [0.29, 0.717) is 11.7 Å². The van der Waals surface area contributed by atoms with Crippen molar-refractivity contribution >= 4 is 0 Å². The van der Waals surface area contributed by atoms with Crippen LogP contribution < -0.4 is 5.32 Å². The summed E-state index contributed by atoms with van der Waals surface area (Å²) in [6, 6.07) is 4.23. The Balaban J connectivity index is 2.05. The molecule has 2 aromatic heterocycles. The van der Waals surface area contributed by atoms with Crippen LogP contribution in [0.1, 0.15) is 62.5 Å². The molecule has 0 radical (unpaired) electrons. The molecule has 0 saturated heterocycles. The molecule has 104 valence electrons. The Labute approximate surface area is 113 Å². The summed E-state index contributed by atoms with van der Waals surface area (Å²) in [5.74, 6) is 3.24. The SMILES string of the molecule is CCc1ccc([C@H](C)N[C@H](CC)c2noc(C)n2)o1. The second-order valence-corrected chi connectivity index (χ2v) is 4.68. The summed E-state index contributed by atoms with van der Waals surface area (Å²) < 4.78 is 10.8. The van der Waals surface area contributed by atoms with E-state index in [0.717, 1.165) is 24.4 Å². The number of aromatic nitrogens is 2. The van der Waals surface area contributed by atoms with Crippen LogP contribution in [0.2, 0.25) is 0 Å². The molecule has 2 rings (SSSR count). The van der Waals surface area contributed by atoms with Gasteiger partial charge >= 0.3 is 0 Å². The fourth-order valence-electron chi connectivity index (χ4n) is 2.03. The van der Waals surface area contributed by atoms with Gasteiger partial charge in [-0.2, -0.15) is 4.98 Å². The molecular weight excluding hydrogens is 242 g/mol. The minimum Gasteiger partial charge on any atom is -0.464 e. The molecule has 2 aromatic rings. The first-order valence-electron chi connectivity index (χ1n) is 6.78. The first-order valence-corrected chi connectivity index (χ1v) is 6.78. The summed E-state index contributed by atoms with van der Waals surface area (Å²) in [6.07, 6.45) is 1.80. The molecule has 5 nitrogen and oxygen atoms in total. The van der Waals surface area contributed by atoms with Crippen LogP contribution in [0.5, 0.6) is 0 Å². The molecule has 0 aliphatic carbocycles. The summed E-state index contributed by atoms with van der Waals surface area (Å²) in [4.78, 5) is 4.28. The maximum absolute atomic E-state index is 5.75. The second-order valence-electron chi connectivity index (χ2n) is 4.68. The van der Waals surface area contributed by atoms with Crippen LogP contribution in [-0.2, 0) is 6.42 Å². The molecule has 2 heterocycles. The Kier molecular flexibility index (Phi) is 4.37. The van der Waals surface area contributed by atoms with Crippen LogP contribution in [0.25, 0.3) is 0 Å². The van der Waals surface area contributed by atoms with E-state index in [-0.39, 0.29) is 12.1 Å². The highest BCUT2D eigenvalue weighted by Gasteiger charge is 2.20. The van der Waals surface area contributed by atoms with E-state index in [1.54, 1.807) is 6.92 Å². The third-order valence-corrected chi connectivity index (χ3v) is 3.17. The molecule has 5 heteroatoms. The molecule has 0 saturated carbocycles. The second kappa shape index (κ2) is 6.02. The van der Waals surface area contributed by atoms with Gasteiger partial charge < -0.3 is 8.94 Å². The zero-order chi connectivity index (χ0) is 13.8. The van der Waals surface area contributed by atoms with Crippen LogP contribution >= 0.6 is 0 Å². The van der Waals surface area contributed by atoms with E-state index >= 15 is 0 Å². The average molecular weight is 263 g/mol. The minimum absolute atomic E-state index is 0.0719. The van der Waals surface area contributed by atoms with Crippen molar-refractivity contribution in [3.8, 4) is 0 Å². The Morgan fingerprint density at radius 3 is 2.63 bits per heavy atom. The van der Waals surface area contributed by atoms with Crippen LogP contribution in [0, 0.1) is 6.92 Å². The van der Waals surface area contributed by atoms with Gasteiger partial charge in [-0.15, -0.1) is 0 Å². The normalized spacial score (nSPS) is 14.5. The van der Waals surface area contributed by atoms with Crippen LogP contribution in [0.3, 0.4) is 0 Å². The standard InChI is InChI=1S/C14H21N3O2/c1-5-11-7-8-13(18-11)9(3)15-12(6-2)14-16-10(4)19-17-14/h7-9,12,15H,5-6H2,1-4H3/t9-,12+/m0/s1. The van der Waals surface area contributed by atoms with E-state index in [4.69, 9.17) is 8.94 Å². The van der Waals surface area contributed by atoms with Crippen molar-refractivity contribution in [3.05, 3.63) is 35.4 Å². The lowest BCUT2D eigenvalue weighted by Crippen LogP contribution is -2.24. The molecule has 0 bridgehead atoms. The van der Waals surface area contributed by atoms with Crippen molar-refractivity contribution < 1.29 is 8.94 Å². The third kappa shape index (κ3) is 3.23. The molecular formula is C14H21N3O2. The van der Waals surface area contributed by atoms with Crippen molar-refractivity contribution in [3.63, 3.8) is 0 Å². The summed E-state index contributed by atoms with van der Waals surface area (Å²) in [6.45, 7) is 8.05. The molecule has 0 unspecified atom stereocenters. The maximum atomic E-state index is 5.75. The third-order valence-electron chi connectivity index (χ3n) is 3.17. The predicted molar refractivity (Wildman–Crippen MR) is 71.7 cm³/mol. The van der Waals surface area contributed by atoms with Gasteiger partial charge in [0, 0.05) is 13.3 Å². The first kappa shape index (κ1) is 13.8. The van der Waals surface area contributed by atoms with E-state index in [1.807, 2.05) is 12.1 Å². The Hall–Kier alpha value is -1.62. The number of nitrogens with zero attached hydrogens (tertiary/aromatic N) is 2. The molecule has 2 atom stereocenters. The van der Waals surface area contributed by atoms with Crippen molar-refractivity contribution in [1.29, 1.82) is 0 Å². The van der Waals surface area contributed by atoms with E-state index in [1.165, 1.54) is 0 Å². The number of rotatable bonds is 6. The zero-order valence-corrected chi connectivity index (χ0v) is 11.9. The Morgan fingerprint density at radius 2 is 2.11 bits per heavy atom. The fraction of sp³-hybridized carbons (Fsp3) is 0.571. The molecule has 1 N–H and O–H groups in total. The van der Waals surface area contributed by atoms with Gasteiger partial charge in [-0.3, -0.25) is 5.32 Å². The highest BCUT2D eigenvalue weighted by atomic mass is 16.5. The molecule has 0 aliphatic rings. The predicted octanol–water partition coefficient (Wildman–Crippen LogP) is 3.34. The van der Waals surface area contributed by atoms with E-state index in [9.17, 15) is 0 Å². The van der Waals surface area contributed by atoms with Crippen molar-refractivity contribution in [2.45, 2.75) is 52.6 Å². The summed E-state index contributed by atoms with van der Waals surface area (Å²) >= 11 is 0. The number of nitrogens with one attached hydrogen (secondary N) is 1. The van der Waals surface area contributed by atoms with E-state index < -0.39 is 0 Å². The number of aryl methyl sites for hydroxylation is 2. The number of furan rings is 1. The maximum Gasteiger partial charge on any atom is 0.223 e. The van der Waals surface area contributed by atoms with Crippen LogP contribution in [0.15, 0.2) is 21.1 Å². The molecule has 0 aromatic carbocycles. The largest absolute Gasteiger partial charge is 0.464 e. The Morgan fingerprint density at radius 1 is 1.32 bits per heavy atom. The molecule has 0 spiro atoms. The monoisotopic (exact) mass is 263 g/mol. The molecule has 19 heavy (non-hydrogen) atoms. The lowest BCUT2D eigenvalue weighted by Gasteiger charge is -2.18. The fourth-order valence-corrected chi connectivity index (χ4v) is 2.03. The zero-order valence-electron chi connectivity index (χ0n) is 11.9. The van der Waals surface area contributed by atoms with Crippen LogP contribution in [0.4, 0.5) is 0 Å².